The van der Waals surface area contributed by atoms with Crippen LogP contribution in [-0.2, 0) is 20.6 Å². The molecule has 0 radical (unpaired) electrons. The number of fused-ring (bicyclic) bond motifs is 2. The van der Waals surface area contributed by atoms with Gasteiger partial charge < -0.3 is 5.73 Å². The number of hydrogen-bond donors (Lipinski definition) is 1. The van der Waals surface area contributed by atoms with E-state index < -0.39 is 20.6 Å². The van der Waals surface area contributed by atoms with Gasteiger partial charge in [-0.05, 0) is 193 Å². The van der Waals surface area contributed by atoms with Gasteiger partial charge in [-0.3, -0.25) is 33.2 Å². The smallest absolute Gasteiger partial charge is 0.261 e. The number of alkyl halides is 3. The lowest BCUT2D eigenvalue weighted by molar-refractivity contribution is 0.0637. The summed E-state index contributed by atoms with van der Waals surface area (Å²) < 4.78 is 31.7. The van der Waals surface area contributed by atoms with Crippen molar-refractivity contribution in [2.75, 3.05) is 115 Å². The van der Waals surface area contributed by atoms with Crippen LogP contribution in [0.5, 0.6) is 0 Å². The van der Waals surface area contributed by atoms with Crippen LogP contribution in [0.3, 0.4) is 0 Å². The van der Waals surface area contributed by atoms with Gasteiger partial charge in [0.2, 0.25) is 0 Å². The maximum Gasteiger partial charge on any atom is 0.261 e. The standard InChI is InChI=1S/C13H15NO2S.C12H12BrNO2.C6H11NO2S2.C6H11NOS2.C6H11NS2.C5H13NS.C4H8Br2/c1-17-9-5-4-8-14-12(15)10-6-2-3-7-11(10)13(14)16;13-7-3-4-8-14-11(15)9-5-1-2-6-10(9)12(14)16;1-11(8,9)5-3-2-4-7-6-10;1-10(8)5-3-2-4-7-6-9;1-9-5-3-2-4-7-6-8;1-7-5-3-2-4-6;5-3-1-2-4-6/h2-3,6-7H,4-5,8-9H2,1H3;1-2,5-6H,3-4,7-8H2;2-5H2,1H3;2-5H2,1H3;2-5H2,1H3;2-6H2,1H3;1-4H2. The van der Waals surface area contributed by atoms with E-state index >= 15 is 0 Å². The predicted octanol–water partition coefficient (Wildman–Crippen LogP) is 12.9. The Hall–Kier alpha value is -1.33. The number of thioether (sulfide) groups is 3. The molecule has 0 saturated heterocycles. The molecule has 1 atom stereocenters. The van der Waals surface area contributed by atoms with Gasteiger partial charge >= 0.3 is 0 Å². The molecule has 76 heavy (non-hydrogen) atoms. The number of rotatable bonds is 31. The van der Waals surface area contributed by atoms with E-state index in [1.54, 1.807) is 66.5 Å². The zero-order valence-corrected chi connectivity index (χ0v) is 56.3. The molecule has 0 fully saturated rings. The number of carbonyl (C=O) groups is 4. The molecule has 24 heteroatoms. The predicted molar refractivity (Wildman–Crippen MR) is 352 cm³/mol. The summed E-state index contributed by atoms with van der Waals surface area (Å²) in [4.78, 5) is 61.6. The number of amides is 4. The van der Waals surface area contributed by atoms with Crippen molar-refractivity contribution < 1.29 is 31.8 Å². The maximum atomic E-state index is 12.0. The first-order chi connectivity index (χ1) is 36.6. The van der Waals surface area contributed by atoms with E-state index in [-0.39, 0.29) is 29.4 Å². The van der Waals surface area contributed by atoms with Crippen LogP contribution in [0.25, 0.3) is 0 Å². The van der Waals surface area contributed by atoms with E-state index in [9.17, 15) is 31.8 Å². The van der Waals surface area contributed by atoms with Crippen molar-refractivity contribution in [2.45, 2.75) is 89.9 Å². The van der Waals surface area contributed by atoms with E-state index in [0.29, 0.717) is 48.3 Å². The molecule has 0 aliphatic carbocycles. The Labute approximate surface area is 512 Å². The van der Waals surface area contributed by atoms with E-state index in [0.717, 1.165) is 98.5 Å². The van der Waals surface area contributed by atoms with Gasteiger partial charge in [-0.1, -0.05) is 72.1 Å². The lowest BCUT2D eigenvalue weighted by atomic mass is 10.1. The van der Waals surface area contributed by atoms with Gasteiger partial charge in [-0.15, -0.1) is 0 Å². The molecule has 2 aliphatic heterocycles. The van der Waals surface area contributed by atoms with Crippen molar-refractivity contribution in [2.24, 2.45) is 20.7 Å². The van der Waals surface area contributed by atoms with Crippen molar-refractivity contribution >= 4 is 179 Å². The van der Waals surface area contributed by atoms with E-state index in [2.05, 4.69) is 134 Å². The van der Waals surface area contributed by atoms with Crippen molar-refractivity contribution in [3.05, 3.63) is 70.8 Å². The first-order valence-corrected chi connectivity index (χ1v) is 37.5. The molecular formula is C52H81Br3N6O7S8. The first kappa shape index (κ1) is 78.9. The summed E-state index contributed by atoms with van der Waals surface area (Å²) in [5.74, 6) is 3.97. The number of hydrogen-bond acceptors (Lipinski definition) is 17. The third-order valence-electron chi connectivity index (χ3n) is 9.87. The van der Waals surface area contributed by atoms with Gasteiger partial charge in [-0.25, -0.2) is 23.4 Å². The Bertz CT molecular complexity index is 2080. The highest BCUT2D eigenvalue weighted by atomic mass is 79.9. The number of nitrogens with zero attached hydrogens (tertiary/aromatic N) is 5. The quantitative estimate of drug-likeness (QED) is 0.0247. The van der Waals surface area contributed by atoms with Gasteiger partial charge in [0.1, 0.15) is 9.84 Å². The van der Waals surface area contributed by atoms with Crippen molar-refractivity contribution in [3.63, 3.8) is 0 Å². The summed E-state index contributed by atoms with van der Waals surface area (Å²) in [7, 11) is -3.46. The number of halogens is 3. The molecule has 2 heterocycles. The molecule has 430 valence electrons. The lowest BCUT2D eigenvalue weighted by Gasteiger charge is -2.12. The van der Waals surface area contributed by atoms with Crippen LogP contribution in [0.15, 0.2) is 63.5 Å². The van der Waals surface area contributed by atoms with Gasteiger partial charge in [0.15, 0.2) is 0 Å². The first-order valence-electron chi connectivity index (χ1n) is 24.9. The summed E-state index contributed by atoms with van der Waals surface area (Å²) in [5.41, 5.74) is 7.42. The van der Waals surface area contributed by atoms with Gasteiger partial charge in [0, 0.05) is 83.5 Å². The molecule has 4 amide bonds. The SMILES string of the molecule is BrCCCCBr.CS(=O)(=O)CCCCN=C=S.CS(=O)CCCCN=C=S.CSCCCCN.CSCCCCN1C(=O)c2ccccc2C1=O.CSCCCCN=C=S.O=C1c2ccccc2C(=O)N1CCCCBr. The molecule has 0 aromatic heterocycles. The summed E-state index contributed by atoms with van der Waals surface area (Å²) in [6, 6.07) is 14.0. The third kappa shape index (κ3) is 44.4. The molecule has 2 aromatic rings. The van der Waals surface area contributed by atoms with E-state index in [4.69, 9.17) is 5.73 Å². The van der Waals surface area contributed by atoms with Gasteiger partial charge in [-0.2, -0.15) is 35.3 Å². The fraction of sp³-hybridized carbons (Fsp3) is 0.635. The Morgan fingerprint density at radius 1 is 0.539 bits per heavy atom. The largest absolute Gasteiger partial charge is 0.330 e. The topological polar surface area (TPSA) is 189 Å². The summed E-state index contributed by atoms with van der Waals surface area (Å²) in [6.45, 7) is 4.05. The summed E-state index contributed by atoms with van der Waals surface area (Å²) in [6.07, 6.45) is 23.7. The Morgan fingerprint density at radius 3 is 1.17 bits per heavy atom. The number of benzene rings is 2. The molecule has 0 spiro atoms. The summed E-state index contributed by atoms with van der Waals surface area (Å²) in [5, 5.41) is 10.0. The molecular weight excluding hydrogens is 1320 g/mol. The second kappa shape index (κ2) is 56.9. The average molecular weight is 1400 g/mol. The Balaban J connectivity index is -0.000000844. The molecule has 0 bridgehead atoms. The second-order valence-corrected chi connectivity index (χ2v) is 25.9. The van der Waals surface area contributed by atoms with Crippen LogP contribution in [0.4, 0.5) is 0 Å². The number of nitrogens with two attached hydrogens (primary N) is 1. The van der Waals surface area contributed by atoms with Crippen molar-refractivity contribution in [3.8, 4) is 0 Å². The highest BCUT2D eigenvalue weighted by molar-refractivity contribution is 9.09. The fourth-order valence-corrected chi connectivity index (χ4v) is 10.3. The molecule has 1 unspecified atom stereocenters. The second-order valence-electron chi connectivity index (χ2n) is 16.2. The molecule has 0 saturated carbocycles. The van der Waals surface area contributed by atoms with Crippen LogP contribution in [-0.4, -0.2) is 177 Å². The Kier molecular flexibility index (Phi) is 59.1. The zero-order valence-electron chi connectivity index (χ0n) is 45.0. The monoisotopic (exact) mass is 1390 g/mol. The van der Waals surface area contributed by atoms with Gasteiger partial charge in [0.25, 0.3) is 23.6 Å². The fourth-order valence-electron chi connectivity index (χ4n) is 5.97. The minimum absolute atomic E-state index is 0.144. The number of unbranched alkanes of at least 4 members (excludes halogenated alkanes) is 7. The van der Waals surface area contributed by atoms with Crippen LogP contribution in [0.2, 0.25) is 0 Å². The normalized spacial score (nSPS) is 12.0. The number of thiocarbonyl (C=S) groups is 3. The number of sulfone groups is 1. The average Bonchev–Trinajstić information content (AvgIpc) is 3.80. The maximum absolute atomic E-state index is 12.0. The van der Waals surface area contributed by atoms with Crippen LogP contribution < -0.4 is 5.73 Å². The number of aliphatic imine (C=N–C) groups is 3. The number of isothiocyanates is 3. The van der Waals surface area contributed by atoms with Crippen LogP contribution in [0.1, 0.15) is 131 Å². The third-order valence-corrected chi connectivity index (χ3v) is 15.9. The highest BCUT2D eigenvalue weighted by Gasteiger charge is 2.35. The van der Waals surface area contributed by atoms with E-state index in [1.165, 1.54) is 59.7 Å². The van der Waals surface area contributed by atoms with Gasteiger partial charge in [0.05, 0.1) is 37.7 Å². The highest BCUT2D eigenvalue weighted by Crippen LogP contribution is 2.24. The zero-order chi connectivity index (χ0) is 57.7. The van der Waals surface area contributed by atoms with E-state index in [1.807, 2.05) is 23.5 Å². The van der Waals surface area contributed by atoms with Crippen molar-refractivity contribution in [1.29, 1.82) is 0 Å². The lowest BCUT2D eigenvalue weighted by Crippen LogP contribution is -2.30. The number of carbonyl (C=O) groups excluding carboxylic acids is 4. The Morgan fingerprint density at radius 2 is 0.855 bits per heavy atom. The minimum atomic E-state index is -2.80. The van der Waals surface area contributed by atoms with Crippen LogP contribution in [0, 0.1) is 0 Å². The number of imide groups is 2. The summed E-state index contributed by atoms with van der Waals surface area (Å²) >= 11 is 28.7. The molecule has 2 aliphatic rings. The molecule has 2 N–H and O–H groups in total. The minimum Gasteiger partial charge on any atom is -0.330 e. The molecule has 2 aromatic carbocycles. The van der Waals surface area contributed by atoms with Crippen LogP contribution >= 0.6 is 120 Å². The van der Waals surface area contributed by atoms with Crippen molar-refractivity contribution in [1.82, 2.24) is 9.80 Å². The molecule has 4 rings (SSSR count). The molecule has 13 nitrogen and oxygen atoms in total.